The van der Waals surface area contributed by atoms with Gasteiger partial charge in [0.1, 0.15) is 22.8 Å². The van der Waals surface area contributed by atoms with E-state index in [1.54, 1.807) is 33.7 Å². The molecule has 0 fully saturated rings. The van der Waals surface area contributed by atoms with Crippen LogP contribution in [0.3, 0.4) is 0 Å². The highest BCUT2D eigenvalue weighted by atomic mass is 16.5. The molecule has 34 heavy (non-hydrogen) atoms. The maximum Gasteiger partial charge on any atom is 0.244 e. The molecule has 1 heterocycles. The summed E-state index contributed by atoms with van der Waals surface area (Å²) >= 11 is 0. The highest BCUT2D eigenvalue weighted by molar-refractivity contribution is 6.00. The summed E-state index contributed by atoms with van der Waals surface area (Å²) < 4.78 is 22.1. The highest BCUT2D eigenvalue weighted by Gasteiger charge is 2.15. The first kappa shape index (κ1) is 23.0. The molecule has 0 saturated carbocycles. The zero-order valence-electron chi connectivity index (χ0n) is 19.7. The summed E-state index contributed by atoms with van der Waals surface area (Å²) in [6.45, 7) is 2.25. The summed E-state index contributed by atoms with van der Waals surface area (Å²) in [7, 11) is 4.86. The average Bonchev–Trinajstić information content (AvgIpc) is 3.29. The number of benzene rings is 3. The van der Waals surface area contributed by atoms with Crippen molar-refractivity contribution in [1.82, 2.24) is 5.32 Å². The van der Waals surface area contributed by atoms with Crippen molar-refractivity contribution in [2.45, 2.75) is 13.5 Å². The van der Waals surface area contributed by atoms with Crippen LogP contribution in [0.5, 0.6) is 17.2 Å². The van der Waals surface area contributed by atoms with Crippen LogP contribution in [0.25, 0.3) is 27.7 Å². The second-order valence-corrected chi connectivity index (χ2v) is 7.79. The Balaban J connectivity index is 1.64. The summed E-state index contributed by atoms with van der Waals surface area (Å²) in [6.07, 6.45) is 3.30. The number of para-hydroxylation sites is 1. The van der Waals surface area contributed by atoms with Gasteiger partial charge in [-0.1, -0.05) is 30.3 Å². The Morgan fingerprint density at radius 3 is 2.50 bits per heavy atom. The maximum atomic E-state index is 12.7. The number of hydrogen-bond acceptors (Lipinski definition) is 5. The molecule has 0 aliphatic carbocycles. The molecule has 0 atom stereocenters. The van der Waals surface area contributed by atoms with Crippen LogP contribution in [0, 0.1) is 0 Å². The summed E-state index contributed by atoms with van der Waals surface area (Å²) in [5.41, 5.74) is 5.11. The highest BCUT2D eigenvalue weighted by Crippen LogP contribution is 2.38. The minimum Gasteiger partial charge on any atom is -0.497 e. The number of allylic oxidation sites excluding steroid dienone is 1. The molecule has 0 unspecified atom stereocenters. The number of carbonyl (C=O) groups is 1. The molecule has 1 N–H and O–H groups in total. The normalized spacial score (nSPS) is 11.4. The number of rotatable bonds is 8. The molecular formula is C28H27NO5. The van der Waals surface area contributed by atoms with E-state index < -0.39 is 0 Å². The smallest absolute Gasteiger partial charge is 0.244 e. The number of fused-ring (bicyclic) bond motifs is 1. The van der Waals surface area contributed by atoms with Gasteiger partial charge in [-0.05, 0) is 42.3 Å². The first-order valence-corrected chi connectivity index (χ1v) is 10.9. The van der Waals surface area contributed by atoms with E-state index in [0.717, 1.165) is 44.7 Å². The van der Waals surface area contributed by atoms with E-state index in [9.17, 15) is 4.79 Å². The molecule has 0 saturated heterocycles. The van der Waals surface area contributed by atoms with E-state index in [1.165, 1.54) is 0 Å². The Bertz CT molecular complexity index is 1350. The SMILES string of the molecule is COc1cccc(-c2coc3cc(OC)c(/C(C)=C/C(=O)NCc4ccccc4OC)cc23)c1. The Hall–Kier alpha value is -4.19. The monoisotopic (exact) mass is 457 g/mol. The van der Waals surface area contributed by atoms with Crippen molar-refractivity contribution < 1.29 is 23.4 Å². The van der Waals surface area contributed by atoms with Crippen molar-refractivity contribution >= 4 is 22.4 Å². The van der Waals surface area contributed by atoms with E-state index in [1.807, 2.05) is 67.6 Å². The maximum absolute atomic E-state index is 12.7. The van der Waals surface area contributed by atoms with Gasteiger partial charge in [0.15, 0.2) is 0 Å². The standard InChI is InChI=1S/C28H27NO5/c1-18(12-28(30)29-16-20-8-5-6-11-25(20)32-3)22-14-23-24(17-34-27(23)15-26(22)33-4)19-9-7-10-21(13-19)31-2/h5-15,17H,16H2,1-4H3,(H,29,30)/b18-12+. The first-order chi connectivity index (χ1) is 16.5. The van der Waals surface area contributed by atoms with Gasteiger partial charge < -0.3 is 23.9 Å². The Kier molecular flexibility index (Phi) is 6.87. The predicted molar refractivity (Wildman–Crippen MR) is 133 cm³/mol. The second-order valence-electron chi connectivity index (χ2n) is 7.79. The van der Waals surface area contributed by atoms with Gasteiger partial charge in [-0.15, -0.1) is 0 Å². The number of carbonyl (C=O) groups excluding carboxylic acids is 1. The van der Waals surface area contributed by atoms with Crippen LogP contribution in [0.1, 0.15) is 18.1 Å². The van der Waals surface area contributed by atoms with Crippen LogP contribution in [0.15, 0.2) is 77.4 Å². The summed E-state index contributed by atoms with van der Waals surface area (Å²) in [5, 5.41) is 3.85. The van der Waals surface area contributed by atoms with Gasteiger partial charge in [-0.3, -0.25) is 4.79 Å². The fraction of sp³-hybridized carbons (Fsp3) is 0.179. The fourth-order valence-electron chi connectivity index (χ4n) is 3.90. The lowest BCUT2D eigenvalue weighted by atomic mass is 9.99. The molecule has 0 aliphatic heterocycles. The van der Waals surface area contributed by atoms with Crippen LogP contribution < -0.4 is 19.5 Å². The molecule has 3 aromatic carbocycles. The van der Waals surface area contributed by atoms with Gasteiger partial charge in [-0.2, -0.15) is 0 Å². The van der Waals surface area contributed by atoms with Crippen molar-refractivity contribution in [3.63, 3.8) is 0 Å². The molecule has 0 radical (unpaired) electrons. The topological polar surface area (TPSA) is 69.9 Å². The molecule has 174 valence electrons. The number of furan rings is 1. The number of hydrogen-bond donors (Lipinski definition) is 1. The van der Waals surface area contributed by atoms with Crippen molar-refractivity contribution in [2.75, 3.05) is 21.3 Å². The molecule has 1 amide bonds. The second kappa shape index (κ2) is 10.2. The number of nitrogens with one attached hydrogen (secondary N) is 1. The Morgan fingerprint density at radius 2 is 1.74 bits per heavy atom. The summed E-state index contributed by atoms with van der Waals surface area (Å²) in [4.78, 5) is 12.7. The molecular weight excluding hydrogens is 430 g/mol. The van der Waals surface area contributed by atoms with Gasteiger partial charge in [0.25, 0.3) is 0 Å². The molecule has 4 rings (SSSR count). The molecule has 4 aromatic rings. The number of methoxy groups -OCH3 is 3. The van der Waals surface area contributed by atoms with Crippen LogP contribution in [0.4, 0.5) is 0 Å². The zero-order chi connectivity index (χ0) is 24.1. The van der Waals surface area contributed by atoms with Crippen molar-refractivity contribution in [2.24, 2.45) is 0 Å². The minimum absolute atomic E-state index is 0.203. The quantitative estimate of drug-likeness (QED) is 0.336. The summed E-state index contributed by atoms with van der Waals surface area (Å²) in [6, 6.07) is 19.2. The lowest BCUT2D eigenvalue weighted by molar-refractivity contribution is -0.116. The molecule has 1 aromatic heterocycles. The van der Waals surface area contributed by atoms with Crippen LogP contribution >= 0.6 is 0 Å². The van der Waals surface area contributed by atoms with Gasteiger partial charge in [0.05, 0.1) is 27.6 Å². The third-order valence-corrected chi connectivity index (χ3v) is 5.69. The van der Waals surface area contributed by atoms with Gasteiger partial charge in [0, 0.05) is 40.8 Å². The van der Waals surface area contributed by atoms with Crippen molar-refractivity contribution in [3.05, 3.63) is 84.1 Å². The molecule has 0 aliphatic rings. The zero-order valence-corrected chi connectivity index (χ0v) is 19.7. The van der Waals surface area contributed by atoms with E-state index in [-0.39, 0.29) is 5.91 Å². The Morgan fingerprint density at radius 1 is 0.941 bits per heavy atom. The van der Waals surface area contributed by atoms with E-state index in [2.05, 4.69) is 5.32 Å². The Labute approximate surface area is 198 Å². The minimum atomic E-state index is -0.203. The lowest BCUT2D eigenvalue weighted by Crippen LogP contribution is -2.21. The lowest BCUT2D eigenvalue weighted by Gasteiger charge is -2.11. The first-order valence-electron chi connectivity index (χ1n) is 10.9. The third kappa shape index (κ3) is 4.76. The average molecular weight is 458 g/mol. The molecule has 0 spiro atoms. The van der Waals surface area contributed by atoms with Gasteiger partial charge >= 0.3 is 0 Å². The van der Waals surface area contributed by atoms with Crippen LogP contribution in [-0.4, -0.2) is 27.2 Å². The summed E-state index contributed by atoms with van der Waals surface area (Å²) in [5.74, 6) is 1.93. The van der Waals surface area contributed by atoms with Crippen LogP contribution in [-0.2, 0) is 11.3 Å². The molecule has 0 bridgehead atoms. The van der Waals surface area contributed by atoms with Crippen molar-refractivity contribution in [3.8, 4) is 28.4 Å². The van der Waals surface area contributed by atoms with Crippen LogP contribution in [0.2, 0.25) is 0 Å². The van der Waals surface area contributed by atoms with Gasteiger partial charge in [0.2, 0.25) is 5.91 Å². The predicted octanol–water partition coefficient (Wildman–Crippen LogP) is 5.85. The largest absolute Gasteiger partial charge is 0.497 e. The molecule has 6 heteroatoms. The van der Waals surface area contributed by atoms with E-state index in [4.69, 9.17) is 18.6 Å². The van der Waals surface area contributed by atoms with E-state index >= 15 is 0 Å². The van der Waals surface area contributed by atoms with Gasteiger partial charge in [-0.25, -0.2) is 0 Å². The van der Waals surface area contributed by atoms with E-state index in [0.29, 0.717) is 17.9 Å². The third-order valence-electron chi connectivity index (χ3n) is 5.69. The van der Waals surface area contributed by atoms with Crippen molar-refractivity contribution in [1.29, 1.82) is 0 Å². The molecule has 6 nitrogen and oxygen atoms in total. The number of ether oxygens (including phenoxy) is 3. The fourth-order valence-corrected chi connectivity index (χ4v) is 3.90. The number of amides is 1.